The van der Waals surface area contributed by atoms with Crippen LogP contribution in [0.3, 0.4) is 0 Å². The Morgan fingerprint density at radius 2 is 1.70 bits per heavy atom. The Hall–Kier alpha value is -2.93. The van der Waals surface area contributed by atoms with Crippen LogP contribution in [-0.2, 0) is 9.59 Å². The number of hydrogen-bond donors (Lipinski definition) is 1. The number of carbonyl (C=O) groups is 2. The first-order chi connectivity index (χ1) is 16.1. The second-order valence-electron chi connectivity index (χ2n) is 8.35. The molecule has 1 aliphatic carbocycles. The SMILES string of the molecule is O=C(CSC1=N/C(=C/c2ccccc2)C(=O)N1c1ccc(F)cc1)NC1CCCCCCC1. The van der Waals surface area contributed by atoms with Crippen molar-refractivity contribution in [3.05, 3.63) is 71.7 Å². The van der Waals surface area contributed by atoms with Crippen molar-refractivity contribution in [3.63, 3.8) is 0 Å². The highest BCUT2D eigenvalue weighted by Gasteiger charge is 2.32. The van der Waals surface area contributed by atoms with Gasteiger partial charge in [-0.25, -0.2) is 9.38 Å². The molecule has 0 unspecified atom stereocenters. The summed E-state index contributed by atoms with van der Waals surface area (Å²) < 4.78 is 13.5. The molecule has 1 fully saturated rings. The number of carbonyl (C=O) groups excluding carboxylic acids is 2. The van der Waals surface area contributed by atoms with E-state index >= 15 is 0 Å². The molecule has 1 heterocycles. The van der Waals surface area contributed by atoms with Crippen LogP contribution in [0.15, 0.2) is 65.3 Å². The van der Waals surface area contributed by atoms with E-state index in [0.29, 0.717) is 10.9 Å². The Bertz CT molecular complexity index is 1030. The van der Waals surface area contributed by atoms with Gasteiger partial charge in [0.25, 0.3) is 5.91 Å². The third-order valence-corrected chi connectivity index (χ3v) is 6.76. The fourth-order valence-electron chi connectivity index (χ4n) is 4.12. The maximum Gasteiger partial charge on any atom is 0.283 e. The van der Waals surface area contributed by atoms with Crippen LogP contribution in [0.25, 0.3) is 6.08 Å². The average Bonchev–Trinajstić information content (AvgIpc) is 3.10. The molecule has 1 saturated carbocycles. The number of anilines is 1. The lowest BCUT2D eigenvalue weighted by molar-refractivity contribution is -0.119. The van der Waals surface area contributed by atoms with Crippen molar-refractivity contribution < 1.29 is 14.0 Å². The first-order valence-electron chi connectivity index (χ1n) is 11.5. The number of amides is 2. The number of aliphatic imine (C=N–C) groups is 1. The largest absolute Gasteiger partial charge is 0.353 e. The summed E-state index contributed by atoms with van der Waals surface area (Å²) in [6, 6.07) is 15.4. The summed E-state index contributed by atoms with van der Waals surface area (Å²) in [6.07, 6.45) is 9.77. The van der Waals surface area contributed by atoms with Gasteiger partial charge in [-0.15, -0.1) is 0 Å². The summed E-state index contributed by atoms with van der Waals surface area (Å²) in [6.45, 7) is 0. The zero-order valence-corrected chi connectivity index (χ0v) is 19.3. The van der Waals surface area contributed by atoms with Gasteiger partial charge < -0.3 is 5.32 Å². The summed E-state index contributed by atoms with van der Waals surface area (Å²) >= 11 is 1.22. The third-order valence-electron chi connectivity index (χ3n) is 5.82. The first kappa shape index (κ1) is 23.2. The van der Waals surface area contributed by atoms with Gasteiger partial charge in [0.1, 0.15) is 11.5 Å². The van der Waals surface area contributed by atoms with E-state index in [4.69, 9.17) is 0 Å². The van der Waals surface area contributed by atoms with Crippen LogP contribution < -0.4 is 10.2 Å². The molecule has 2 aromatic rings. The van der Waals surface area contributed by atoms with E-state index in [9.17, 15) is 14.0 Å². The number of nitrogens with zero attached hydrogens (tertiary/aromatic N) is 2. The summed E-state index contributed by atoms with van der Waals surface area (Å²) in [5.74, 6) is -0.567. The van der Waals surface area contributed by atoms with Crippen molar-refractivity contribution in [2.75, 3.05) is 10.7 Å². The van der Waals surface area contributed by atoms with E-state index in [1.165, 1.54) is 48.1 Å². The smallest absolute Gasteiger partial charge is 0.283 e. The number of benzene rings is 2. The minimum Gasteiger partial charge on any atom is -0.353 e. The van der Waals surface area contributed by atoms with Crippen LogP contribution in [-0.4, -0.2) is 28.8 Å². The van der Waals surface area contributed by atoms with E-state index in [0.717, 1.165) is 31.2 Å². The third kappa shape index (κ3) is 6.32. The van der Waals surface area contributed by atoms with Crippen molar-refractivity contribution in [3.8, 4) is 0 Å². The molecule has 0 atom stereocenters. The average molecular weight is 466 g/mol. The van der Waals surface area contributed by atoms with E-state index in [1.807, 2.05) is 30.3 Å². The highest BCUT2D eigenvalue weighted by atomic mass is 32.2. The number of nitrogens with one attached hydrogen (secondary N) is 1. The number of amidine groups is 1. The summed E-state index contributed by atoms with van der Waals surface area (Å²) in [5, 5.41) is 3.57. The van der Waals surface area contributed by atoms with Gasteiger partial charge in [-0.3, -0.25) is 14.5 Å². The van der Waals surface area contributed by atoms with E-state index in [1.54, 1.807) is 18.2 Å². The van der Waals surface area contributed by atoms with Gasteiger partial charge in [0.15, 0.2) is 5.17 Å². The molecule has 4 rings (SSSR count). The minimum absolute atomic E-state index is 0.0553. The molecule has 1 aliphatic heterocycles. The van der Waals surface area contributed by atoms with E-state index in [-0.39, 0.29) is 35.1 Å². The molecule has 0 bridgehead atoms. The van der Waals surface area contributed by atoms with Crippen molar-refractivity contribution in [2.45, 2.75) is 51.0 Å². The minimum atomic E-state index is -0.379. The molecule has 2 amide bonds. The van der Waals surface area contributed by atoms with Crippen molar-refractivity contribution in [2.24, 2.45) is 4.99 Å². The molecular weight excluding hydrogens is 437 g/mol. The summed E-state index contributed by atoms with van der Waals surface area (Å²) in [4.78, 5) is 31.8. The molecule has 2 aromatic carbocycles. The Balaban J connectivity index is 1.49. The van der Waals surface area contributed by atoms with E-state index in [2.05, 4.69) is 10.3 Å². The van der Waals surface area contributed by atoms with Gasteiger partial charge in [0.2, 0.25) is 5.91 Å². The Morgan fingerprint density at radius 3 is 2.39 bits per heavy atom. The Kier molecular flexibility index (Phi) is 7.94. The molecule has 0 saturated heterocycles. The van der Waals surface area contributed by atoms with Crippen LogP contribution in [0, 0.1) is 5.82 Å². The van der Waals surface area contributed by atoms with Gasteiger partial charge in [-0.2, -0.15) is 0 Å². The maximum atomic E-state index is 13.5. The van der Waals surface area contributed by atoms with Gasteiger partial charge in [0.05, 0.1) is 11.4 Å². The molecule has 33 heavy (non-hydrogen) atoms. The zero-order valence-electron chi connectivity index (χ0n) is 18.5. The topological polar surface area (TPSA) is 61.8 Å². The lowest BCUT2D eigenvalue weighted by Gasteiger charge is -2.21. The fourth-order valence-corrected chi connectivity index (χ4v) is 4.94. The zero-order chi connectivity index (χ0) is 23.0. The predicted molar refractivity (Wildman–Crippen MR) is 132 cm³/mol. The summed E-state index contributed by atoms with van der Waals surface area (Å²) in [5.41, 5.74) is 1.66. The number of thioether (sulfide) groups is 1. The molecule has 0 spiro atoms. The molecule has 1 N–H and O–H groups in total. The quantitative estimate of drug-likeness (QED) is 0.591. The number of halogens is 1. The van der Waals surface area contributed by atoms with E-state index < -0.39 is 0 Å². The van der Waals surface area contributed by atoms with Crippen LogP contribution in [0.5, 0.6) is 0 Å². The first-order valence-corrected chi connectivity index (χ1v) is 12.5. The standard InChI is InChI=1S/C26H28FN3O2S/c27-20-13-15-22(16-14-20)30-25(32)23(17-19-9-5-4-6-10-19)29-26(30)33-18-24(31)28-21-11-7-2-1-3-8-12-21/h4-6,9-10,13-17,21H,1-3,7-8,11-12,18H2,(H,28,31)/b23-17+. The molecule has 7 heteroatoms. The van der Waals surface area contributed by atoms with Crippen LogP contribution in [0.1, 0.15) is 50.5 Å². The second-order valence-corrected chi connectivity index (χ2v) is 9.29. The van der Waals surface area contributed by atoms with Gasteiger partial charge in [-0.05, 0) is 48.7 Å². The maximum absolute atomic E-state index is 13.5. The lowest BCUT2D eigenvalue weighted by atomic mass is 9.97. The molecule has 0 radical (unpaired) electrons. The van der Waals surface area contributed by atoms with Gasteiger partial charge >= 0.3 is 0 Å². The molecule has 172 valence electrons. The number of hydrogen-bond acceptors (Lipinski definition) is 4. The monoisotopic (exact) mass is 465 g/mol. The Labute approximate surface area is 198 Å². The van der Waals surface area contributed by atoms with Crippen molar-refractivity contribution in [1.29, 1.82) is 0 Å². The fraction of sp³-hybridized carbons (Fsp3) is 0.346. The van der Waals surface area contributed by atoms with Gasteiger partial charge in [-0.1, -0.05) is 74.2 Å². The van der Waals surface area contributed by atoms with Crippen LogP contribution in [0.4, 0.5) is 10.1 Å². The molecule has 0 aromatic heterocycles. The number of rotatable bonds is 5. The Morgan fingerprint density at radius 1 is 1.03 bits per heavy atom. The molecule has 2 aliphatic rings. The van der Waals surface area contributed by atoms with Crippen LogP contribution in [0.2, 0.25) is 0 Å². The van der Waals surface area contributed by atoms with Gasteiger partial charge in [0, 0.05) is 6.04 Å². The molecular formula is C26H28FN3O2S. The highest BCUT2D eigenvalue weighted by Crippen LogP contribution is 2.29. The molecule has 5 nitrogen and oxygen atoms in total. The van der Waals surface area contributed by atoms with Crippen LogP contribution >= 0.6 is 11.8 Å². The highest BCUT2D eigenvalue weighted by molar-refractivity contribution is 8.14. The van der Waals surface area contributed by atoms with Crippen molar-refractivity contribution >= 4 is 40.5 Å². The van der Waals surface area contributed by atoms with Crippen molar-refractivity contribution in [1.82, 2.24) is 5.32 Å². The second kappa shape index (κ2) is 11.3. The summed E-state index contributed by atoms with van der Waals surface area (Å²) in [7, 11) is 0. The lowest BCUT2D eigenvalue weighted by Crippen LogP contribution is -2.37. The normalized spacial score (nSPS) is 18.7. The predicted octanol–water partition coefficient (Wildman–Crippen LogP) is 5.53.